The number of anilines is 1. The average Bonchev–Trinajstić information content (AvgIpc) is 2.98. The van der Waals surface area contributed by atoms with Gasteiger partial charge in [-0.25, -0.2) is 0 Å². The number of thioether (sulfide) groups is 1. The van der Waals surface area contributed by atoms with Crippen LogP contribution in [0.4, 0.5) is 5.88 Å². The molecule has 0 radical (unpaired) electrons. The van der Waals surface area contributed by atoms with Gasteiger partial charge in [0.2, 0.25) is 5.27 Å². The van der Waals surface area contributed by atoms with Gasteiger partial charge in [0.25, 0.3) is 5.88 Å². The number of aromatic nitrogens is 2. The van der Waals surface area contributed by atoms with E-state index in [2.05, 4.69) is 41.5 Å². The highest BCUT2D eigenvalue weighted by Crippen LogP contribution is 2.24. The van der Waals surface area contributed by atoms with Crippen LogP contribution in [0.15, 0.2) is 34.9 Å². The molecule has 0 spiro atoms. The molecule has 2 heterocycles. The first-order valence-corrected chi connectivity index (χ1v) is 9.03. The third kappa shape index (κ3) is 3.97. The van der Waals surface area contributed by atoms with Gasteiger partial charge in [0.05, 0.1) is 37.0 Å². The standard InChI is InChI=1S/C16H23N4O2S/c1-13(11-23-12-14-5-3-2-4-6-14)15-16(17)22-18-20(15)19-7-9-21-10-8-19/h2-6,13H,7-12,17H2,1H3/q+1. The maximum absolute atomic E-state index is 6.01. The number of nitrogens with zero attached hydrogens (tertiary/aromatic N) is 3. The first-order chi connectivity index (χ1) is 11.3. The third-order valence-corrected chi connectivity index (χ3v) is 5.16. The Hall–Kier alpha value is -1.73. The summed E-state index contributed by atoms with van der Waals surface area (Å²) in [5.41, 5.74) is 8.30. The molecule has 1 aliphatic heterocycles. The molecule has 1 saturated heterocycles. The third-order valence-electron chi connectivity index (χ3n) is 3.89. The Morgan fingerprint density at radius 2 is 2.04 bits per heavy atom. The molecule has 0 saturated carbocycles. The number of ether oxygens (including phenoxy) is 1. The second-order valence-electron chi connectivity index (χ2n) is 5.68. The Morgan fingerprint density at radius 1 is 1.30 bits per heavy atom. The van der Waals surface area contributed by atoms with Crippen molar-refractivity contribution in [3.05, 3.63) is 41.6 Å². The molecule has 2 aromatic rings. The Bertz CT molecular complexity index is 614. The SMILES string of the molecule is CC(CSCc1ccccc1)c1c(N)on[n+]1N1CCOCC1. The van der Waals surface area contributed by atoms with Crippen LogP contribution in [0.5, 0.6) is 0 Å². The van der Waals surface area contributed by atoms with Crippen LogP contribution in [0.25, 0.3) is 0 Å². The minimum Gasteiger partial charge on any atom is -0.377 e. The van der Waals surface area contributed by atoms with E-state index in [4.69, 9.17) is 15.0 Å². The predicted molar refractivity (Wildman–Crippen MR) is 90.9 cm³/mol. The van der Waals surface area contributed by atoms with Crippen LogP contribution in [-0.4, -0.2) is 37.3 Å². The quantitative estimate of drug-likeness (QED) is 0.808. The monoisotopic (exact) mass is 335 g/mol. The maximum Gasteiger partial charge on any atom is 0.311 e. The van der Waals surface area contributed by atoms with Gasteiger partial charge in [-0.3, -0.25) is 4.52 Å². The summed E-state index contributed by atoms with van der Waals surface area (Å²) < 4.78 is 10.6. The molecule has 2 N–H and O–H groups in total. The maximum atomic E-state index is 6.01. The number of hydrogen-bond acceptors (Lipinski definition) is 6. The van der Waals surface area contributed by atoms with Crippen molar-refractivity contribution in [3.63, 3.8) is 0 Å². The van der Waals surface area contributed by atoms with Crippen molar-refractivity contribution in [2.45, 2.75) is 18.6 Å². The van der Waals surface area contributed by atoms with Crippen LogP contribution in [0, 0.1) is 0 Å². The average molecular weight is 335 g/mol. The van der Waals surface area contributed by atoms with Crippen LogP contribution >= 0.6 is 11.8 Å². The van der Waals surface area contributed by atoms with Crippen molar-refractivity contribution in [3.8, 4) is 0 Å². The minimum atomic E-state index is 0.262. The Kier molecular flexibility index (Phi) is 5.40. The summed E-state index contributed by atoms with van der Waals surface area (Å²) in [6.45, 7) is 5.17. The van der Waals surface area contributed by atoms with Gasteiger partial charge < -0.3 is 10.5 Å². The lowest BCUT2D eigenvalue weighted by molar-refractivity contribution is -0.766. The number of morpholine rings is 1. The molecule has 1 fully saturated rings. The smallest absolute Gasteiger partial charge is 0.311 e. The summed E-state index contributed by atoms with van der Waals surface area (Å²) in [7, 11) is 0. The fourth-order valence-electron chi connectivity index (χ4n) is 2.67. The van der Waals surface area contributed by atoms with Crippen molar-refractivity contribution in [2.75, 3.05) is 42.8 Å². The van der Waals surface area contributed by atoms with Crippen LogP contribution < -0.4 is 15.5 Å². The van der Waals surface area contributed by atoms with E-state index in [1.54, 1.807) is 0 Å². The zero-order valence-electron chi connectivity index (χ0n) is 13.4. The molecule has 3 rings (SSSR count). The summed E-state index contributed by atoms with van der Waals surface area (Å²) in [4.78, 5) is 1.82. The van der Waals surface area contributed by atoms with E-state index in [1.165, 1.54) is 5.56 Å². The van der Waals surface area contributed by atoms with Gasteiger partial charge in [0.1, 0.15) is 0 Å². The highest BCUT2D eigenvalue weighted by Gasteiger charge is 2.34. The zero-order chi connectivity index (χ0) is 16.1. The lowest BCUT2D eigenvalue weighted by Crippen LogP contribution is -2.65. The molecule has 0 bridgehead atoms. The molecule has 124 valence electrons. The predicted octanol–water partition coefficient (Wildman–Crippen LogP) is 1.55. The van der Waals surface area contributed by atoms with Crippen LogP contribution in [0.3, 0.4) is 0 Å². The molecule has 0 aliphatic carbocycles. The van der Waals surface area contributed by atoms with Crippen molar-refractivity contribution in [2.24, 2.45) is 0 Å². The van der Waals surface area contributed by atoms with Crippen molar-refractivity contribution < 1.29 is 14.1 Å². The molecule has 1 aromatic carbocycles. The Labute approximate surface area is 140 Å². The summed E-state index contributed by atoms with van der Waals surface area (Å²) >= 11 is 1.90. The zero-order valence-corrected chi connectivity index (χ0v) is 14.2. The van der Waals surface area contributed by atoms with Crippen molar-refractivity contribution in [1.29, 1.82) is 0 Å². The van der Waals surface area contributed by atoms with Gasteiger partial charge in [-0.05, 0) is 5.56 Å². The summed E-state index contributed by atoms with van der Waals surface area (Å²) in [6, 6.07) is 10.5. The second-order valence-corrected chi connectivity index (χ2v) is 6.71. The lowest BCUT2D eigenvalue weighted by Gasteiger charge is -2.20. The van der Waals surface area contributed by atoms with Gasteiger partial charge in [-0.15, -0.1) is 5.01 Å². The number of benzene rings is 1. The normalized spacial score (nSPS) is 16.5. The molecule has 1 atom stereocenters. The van der Waals surface area contributed by atoms with E-state index in [1.807, 2.05) is 22.6 Å². The fourth-order valence-corrected chi connectivity index (χ4v) is 3.72. The summed E-state index contributed by atoms with van der Waals surface area (Å²) in [5, 5.41) is 6.23. The van der Waals surface area contributed by atoms with Gasteiger partial charge in [-0.1, -0.05) is 37.3 Å². The molecule has 7 heteroatoms. The molecule has 1 aliphatic rings. The van der Waals surface area contributed by atoms with E-state index >= 15 is 0 Å². The van der Waals surface area contributed by atoms with Gasteiger partial charge in [0, 0.05) is 11.5 Å². The van der Waals surface area contributed by atoms with E-state index in [9.17, 15) is 0 Å². The molecule has 1 unspecified atom stereocenters. The topological polar surface area (TPSA) is 68.4 Å². The number of nitrogens with two attached hydrogens (primary N) is 1. The van der Waals surface area contributed by atoms with Crippen molar-refractivity contribution >= 4 is 17.6 Å². The van der Waals surface area contributed by atoms with Crippen LogP contribution in [-0.2, 0) is 10.5 Å². The van der Waals surface area contributed by atoms with Crippen LogP contribution in [0.1, 0.15) is 24.1 Å². The van der Waals surface area contributed by atoms with Gasteiger partial charge >= 0.3 is 5.69 Å². The van der Waals surface area contributed by atoms with Gasteiger partial charge in [-0.2, -0.15) is 11.8 Å². The lowest BCUT2D eigenvalue weighted by atomic mass is 10.1. The van der Waals surface area contributed by atoms with E-state index in [-0.39, 0.29) is 5.92 Å². The highest BCUT2D eigenvalue weighted by molar-refractivity contribution is 7.98. The summed E-state index contributed by atoms with van der Waals surface area (Å²) in [6.07, 6.45) is 0. The molecule has 23 heavy (non-hydrogen) atoms. The Morgan fingerprint density at radius 3 is 2.78 bits per heavy atom. The summed E-state index contributed by atoms with van der Waals surface area (Å²) in [5.74, 6) is 2.63. The number of rotatable bonds is 6. The first kappa shape index (κ1) is 16.1. The van der Waals surface area contributed by atoms with E-state index in [0.717, 1.165) is 30.3 Å². The van der Waals surface area contributed by atoms with E-state index < -0.39 is 0 Å². The number of hydrogen-bond donors (Lipinski definition) is 1. The number of nitrogen functional groups attached to an aromatic ring is 1. The van der Waals surface area contributed by atoms with Gasteiger partial charge in [0.15, 0.2) is 0 Å². The largest absolute Gasteiger partial charge is 0.377 e. The first-order valence-electron chi connectivity index (χ1n) is 7.87. The minimum absolute atomic E-state index is 0.262. The molecular formula is C16H23N4O2S+. The molecular weight excluding hydrogens is 312 g/mol. The van der Waals surface area contributed by atoms with Crippen LogP contribution in [0.2, 0.25) is 0 Å². The Balaban J connectivity index is 1.62. The highest BCUT2D eigenvalue weighted by atomic mass is 32.2. The van der Waals surface area contributed by atoms with E-state index in [0.29, 0.717) is 19.1 Å². The van der Waals surface area contributed by atoms with Crippen molar-refractivity contribution in [1.82, 2.24) is 5.27 Å². The molecule has 0 amide bonds. The fraction of sp³-hybridized carbons (Fsp3) is 0.500. The molecule has 1 aromatic heterocycles. The second kappa shape index (κ2) is 7.70. The molecule has 6 nitrogen and oxygen atoms in total.